The summed E-state index contributed by atoms with van der Waals surface area (Å²) in [5.74, 6) is 1.02. The highest BCUT2D eigenvalue weighted by Gasteiger charge is 2.20. The van der Waals surface area contributed by atoms with E-state index < -0.39 is 0 Å². The van der Waals surface area contributed by atoms with Crippen LogP contribution in [0.1, 0.15) is 6.92 Å². The van der Waals surface area contributed by atoms with Crippen molar-refractivity contribution in [1.29, 1.82) is 0 Å². The van der Waals surface area contributed by atoms with E-state index in [1.54, 1.807) is 6.33 Å². The number of benzene rings is 1. The summed E-state index contributed by atoms with van der Waals surface area (Å²) in [7, 11) is 0. The minimum absolute atomic E-state index is 0.999. The fourth-order valence-corrected chi connectivity index (χ4v) is 3.53. The van der Waals surface area contributed by atoms with Gasteiger partial charge in [-0.3, -0.25) is 0 Å². The van der Waals surface area contributed by atoms with Crippen molar-refractivity contribution in [1.82, 2.24) is 19.9 Å². The van der Waals surface area contributed by atoms with Gasteiger partial charge < -0.3 is 14.8 Å². The van der Waals surface area contributed by atoms with E-state index in [-0.39, 0.29) is 0 Å². The first kappa shape index (κ1) is 14.0. The standard InChI is InChI=1S/C16H18BrN5/c1-2-21-5-7-22(8-6-21)16-15-14(18-10-19-16)12-9-11(17)3-4-13(12)20-15/h3-4,9-10,20H,2,5-8H2,1H3. The van der Waals surface area contributed by atoms with Gasteiger partial charge in [0.1, 0.15) is 17.4 Å². The lowest BCUT2D eigenvalue weighted by Crippen LogP contribution is -2.46. The van der Waals surface area contributed by atoms with Crippen molar-refractivity contribution in [2.75, 3.05) is 37.6 Å². The molecule has 0 radical (unpaired) electrons. The molecule has 22 heavy (non-hydrogen) atoms. The second kappa shape index (κ2) is 5.52. The zero-order valence-electron chi connectivity index (χ0n) is 12.5. The highest BCUT2D eigenvalue weighted by atomic mass is 79.9. The smallest absolute Gasteiger partial charge is 0.156 e. The number of hydrogen-bond acceptors (Lipinski definition) is 4. The molecule has 3 aromatic rings. The number of H-pyrrole nitrogens is 1. The number of rotatable bonds is 2. The number of halogens is 1. The van der Waals surface area contributed by atoms with Gasteiger partial charge >= 0.3 is 0 Å². The van der Waals surface area contributed by atoms with Gasteiger partial charge in [0.25, 0.3) is 0 Å². The molecule has 4 rings (SSSR count). The number of hydrogen-bond donors (Lipinski definition) is 1. The summed E-state index contributed by atoms with van der Waals surface area (Å²) >= 11 is 3.54. The highest BCUT2D eigenvalue weighted by Crippen LogP contribution is 2.31. The molecule has 0 saturated carbocycles. The summed E-state index contributed by atoms with van der Waals surface area (Å²) in [6, 6.07) is 6.24. The van der Waals surface area contributed by atoms with Crippen LogP contribution in [0.3, 0.4) is 0 Å². The lowest BCUT2D eigenvalue weighted by Gasteiger charge is -2.34. The highest BCUT2D eigenvalue weighted by molar-refractivity contribution is 9.10. The number of anilines is 1. The second-order valence-corrected chi connectivity index (χ2v) is 6.57. The van der Waals surface area contributed by atoms with Gasteiger partial charge in [0, 0.05) is 41.6 Å². The third-order valence-electron chi connectivity index (χ3n) is 4.44. The van der Waals surface area contributed by atoms with Crippen LogP contribution in [0.4, 0.5) is 5.82 Å². The van der Waals surface area contributed by atoms with E-state index in [1.165, 1.54) is 0 Å². The molecule has 1 aromatic carbocycles. The fraction of sp³-hybridized carbons (Fsp3) is 0.375. The average Bonchev–Trinajstić information content (AvgIpc) is 2.93. The summed E-state index contributed by atoms with van der Waals surface area (Å²) in [5.41, 5.74) is 3.15. The lowest BCUT2D eigenvalue weighted by molar-refractivity contribution is 0.270. The summed E-state index contributed by atoms with van der Waals surface area (Å²) in [4.78, 5) is 17.4. The first-order valence-electron chi connectivity index (χ1n) is 7.65. The number of likely N-dealkylation sites (N-methyl/N-ethyl adjacent to an activating group) is 1. The first-order valence-corrected chi connectivity index (χ1v) is 8.45. The molecular formula is C16H18BrN5. The van der Waals surface area contributed by atoms with Crippen molar-refractivity contribution in [3.8, 4) is 0 Å². The average molecular weight is 360 g/mol. The Morgan fingerprint density at radius 3 is 2.77 bits per heavy atom. The third-order valence-corrected chi connectivity index (χ3v) is 4.94. The zero-order chi connectivity index (χ0) is 15.1. The van der Waals surface area contributed by atoms with Crippen LogP contribution in [0.2, 0.25) is 0 Å². The molecule has 1 aliphatic heterocycles. The van der Waals surface area contributed by atoms with E-state index in [0.717, 1.165) is 65.0 Å². The molecule has 1 N–H and O–H groups in total. The van der Waals surface area contributed by atoms with Gasteiger partial charge in [-0.15, -0.1) is 0 Å². The molecule has 3 heterocycles. The van der Waals surface area contributed by atoms with Crippen LogP contribution >= 0.6 is 15.9 Å². The van der Waals surface area contributed by atoms with E-state index in [9.17, 15) is 0 Å². The maximum absolute atomic E-state index is 4.55. The normalized spacial score (nSPS) is 16.7. The van der Waals surface area contributed by atoms with Gasteiger partial charge in [0.15, 0.2) is 5.82 Å². The van der Waals surface area contributed by atoms with Gasteiger partial charge in [0.2, 0.25) is 0 Å². The number of aromatic nitrogens is 3. The van der Waals surface area contributed by atoms with Crippen molar-refractivity contribution in [3.63, 3.8) is 0 Å². The maximum atomic E-state index is 4.55. The third kappa shape index (κ3) is 2.27. The monoisotopic (exact) mass is 359 g/mol. The molecule has 5 nitrogen and oxygen atoms in total. The molecule has 114 valence electrons. The molecule has 0 atom stereocenters. The van der Waals surface area contributed by atoms with Gasteiger partial charge in [0.05, 0.1) is 0 Å². The van der Waals surface area contributed by atoms with E-state index in [1.807, 2.05) is 6.07 Å². The Bertz CT molecular complexity index is 820. The molecule has 1 aliphatic rings. The molecule has 1 fully saturated rings. The van der Waals surface area contributed by atoms with Gasteiger partial charge in [-0.25, -0.2) is 9.97 Å². The Labute approximate surface area is 137 Å². The predicted molar refractivity (Wildman–Crippen MR) is 93.4 cm³/mol. The van der Waals surface area contributed by atoms with Crippen molar-refractivity contribution in [3.05, 3.63) is 29.0 Å². The number of fused-ring (bicyclic) bond motifs is 3. The second-order valence-electron chi connectivity index (χ2n) is 5.66. The predicted octanol–water partition coefficient (Wildman–Crippen LogP) is 3.02. The van der Waals surface area contributed by atoms with Crippen molar-refractivity contribution in [2.24, 2.45) is 0 Å². The Morgan fingerprint density at radius 2 is 2.00 bits per heavy atom. The number of nitrogens with zero attached hydrogens (tertiary/aromatic N) is 4. The van der Waals surface area contributed by atoms with Crippen LogP contribution in [0.25, 0.3) is 21.9 Å². The van der Waals surface area contributed by atoms with Gasteiger partial charge in [-0.1, -0.05) is 22.9 Å². The maximum Gasteiger partial charge on any atom is 0.156 e. The van der Waals surface area contributed by atoms with Crippen molar-refractivity contribution in [2.45, 2.75) is 6.92 Å². The van der Waals surface area contributed by atoms with E-state index in [2.05, 4.69) is 59.7 Å². The summed E-state index contributed by atoms with van der Waals surface area (Å²) < 4.78 is 1.07. The van der Waals surface area contributed by atoms with Gasteiger partial charge in [-0.05, 0) is 24.7 Å². The quantitative estimate of drug-likeness (QED) is 0.763. The fourth-order valence-electron chi connectivity index (χ4n) is 3.17. The Kier molecular flexibility index (Phi) is 3.50. The summed E-state index contributed by atoms with van der Waals surface area (Å²) in [6.45, 7) is 7.54. The minimum Gasteiger partial charge on any atom is -0.352 e. The van der Waals surface area contributed by atoms with Crippen LogP contribution in [-0.4, -0.2) is 52.6 Å². The van der Waals surface area contributed by atoms with Gasteiger partial charge in [-0.2, -0.15) is 0 Å². The largest absolute Gasteiger partial charge is 0.352 e. The molecule has 1 saturated heterocycles. The number of nitrogens with one attached hydrogen (secondary N) is 1. The van der Waals surface area contributed by atoms with Crippen LogP contribution in [0, 0.1) is 0 Å². The first-order chi connectivity index (χ1) is 10.8. The molecule has 0 aliphatic carbocycles. The molecule has 0 bridgehead atoms. The molecule has 0 spiro atoms. The SMILES string of the molecule is CCN1CCN(c2ncnc3c2[nH]c2ccc(Br)cc23)CC1. The summed E-state index contributed by atoms with van der Waals surface area (Å²) in [5, 5.41) is 1.14. The number of aromatic amines is 1. The van der Waals surface area contributed by atoms with Crippen LogP contribution in [0.5, 0.6) is 0 Å². The van der Waals surface area contributed by atoms with Crippen LogP contribution in [0.15, 0.2) is 29.0 Å². The van der Waals surface area contributed by atoms with Crippen LogP contribution in [-0.2, 0) is 0 Å². The zero-order valence-corrected chi connectivity index (χ0v) is 14.1. The topological polar surface area (TPSA) is 48.1 Å². The number of piperazine rings is 1. The van der Waals surface area contributed by atoms with Crippen LogP contribution < -0.4 is 4.90 Å². The Hall–Kier alpha value is -1.66. The molecule has 0 unspecified atom stereocenters. The molecule has 0 amide bonds. The Balaban J connectivity index is 1.80. The molecule has 6 heteroatoms. The minimum atomic E-state index is 0.999. The van der Waals surface area contributed by atoms with E-state index in [0.29, 0.717) is 0 Å². The van der Waals surface area contributed by atoms with E-state index in [4.69, 9.17) is 0 Å². The Morgan fingerprint density at radius 1 is 1.18 bits per heavy atom. The molecule has 2 aromatic heterocycles. The summed E-state index contributed by atoms with van der Waals surface area (Å²) in [6.07, 6.45) is 1.68. The van der Waals surface area contributed by atoms with Crippen molar-refractivity contribution >= 4 is 43.7 Å². The molecular weight excluding hydrogens is 342 g/mol. The lowest BCUT2D eigenvalue weighted by atomic mass is 10.2. The van der Waals surface area contributed by atoms with Crippen molar-refractivity contribution < 1.29 is 0 Å². The van der Waals surface area contributed by atoms with E-state index >= 15 is 0 Å².